The summed E-state index contributed by atoms with van der Waals surface area (Å²) in [5, 5.41) is 0. The van der Waals surface area contributed by atoms with Crippen LogP contribution in [0.2, 0.25) is 0 Å². The molecule has 1 aromatic heterocycles. The molecule has 1 saturated carbocycles. The summed E-state index contributed by atoms with van der Waals surface area (Å²) in [6, 6.07) is 4.99. The molecule has 0 unspecified atom stereocenters. The monoisotopic (exact) mass is 261 g/mol. The molecule has 2 N–H and O–H groups in total. The molecule has 0 bridgehead atoms. The van der Waals surface area contributed by atoms with Crippen LogP contribution in [0, 0.1) is 0 Å². The molecule has 19 heavy (non-hydrogen) atoms. The van der Waals surface area contributed by atoms with Crippen molar-refractivity contribution in [2.75, 3.05) is 11.9 Å². The van der Waals surface area contributed by atoms with Gasteiger partial charge in [-0.3, -0.25) is 4.98 Å². The minimum absolute atomic E-state index is 0.0669. The molecule has 0 radical (unpaired) electrons. The fraction of sp³-hybridized carbons (Fsp3) is 0.688. The second-order valence-corrected chi connectivity index (χ2v) is 5.71. The minimum Gasteiger partial charge on any atom is -0.370 e. The van der Waals surface area contributed by atoms with Gasteiger partial charge in [0.1, 0.15) is 0 Å². The first-order valence-corrected chi connectivity index (χ1v) is 7.66. The first kappa shape index (κ1) is 14.3. The van der Waals surface area contributed by atoms with Crippen LogP contribution in [-0.4, -0.2) is 18.1 Å². The number of hydrogen-bond acceptors (Lipinski definition) is 3. The fourth-order valence-electron chi connectivity index (χ4n) is 2.89. The Kier molecular flexibility index (Phi) is 5.20. The number of nitrogens with zero attached hydrogens (tertiary/aromatic N) is 2. The zero-order valence-corrected chi connectivity index (χ0v) is 12.3. The zero-order chi connectivity index (χ0) is 13.7. The molecule has 1 fully saturated rings. The molecule has 3 nitrogen and oxygen atoms in total. The van der Waals surface area contributed by atoms with E-state index in [1.54, 1.807) is 0 Å². The van der Waals surface area contributed by atoms with Crippen LogP contribution < -0.4 is 10.6 Å². The average Bonchev–Trinajstić information content (AvgIpc) is 2.75. The van der Waals surface area contributed by atoms with Gasteiger partial charge in [-0.2, -0.15) is 0 Å². The Hall–Kier alpha value is -1.09. The van der Waals surface area contributed by atoms with Crippen LogP contribution in [0.4, 0.5) is 5.69 Å². The lowest BCUT2D eigenvalue weighted by atomic mass is 10.1. The summed E-state index contributed by atoms with van der Waals surface area (Å²) in [5.41, 5.74) is 8.23. The van der Waals surface area contributed by atoms with Gasteiger partial charge >= 0.3 is 0 Å². The largest absolute Gasteiger partial charge is 0.370 e. The Labute approximate surface area is 117 Å². The highest BCUT2D eigenvalue weighted by Gasteiger charge is 2.17. The molecule has 0 aliphatic heterocycles. The van der Waals surface area contributed by atoms with Crippen LogP contribution in [0.25, 0.3) is 0 Å². The quantitative estimate of drug-likeness (QED) is 0.841. The molecule has 2 rings (SSSR count). The van der Waals surface area contributed by atoms with Gasteiger partial charge in [-0.15, -0.1) is 0 Å². The van der Waals surface area contributed by atoms with E-state index >= 15 is 0 Å². The average molecular weight is 261 g/mol. The van der Waals surface area contributed by atoms with E-state index < -0.39 is 0 Å². The Morgan fingerprint density at radius 1 is 1.26 bits per heavy atom. The maximum atomic E-state index is 6.01. The molecule has 0 amide bonds. The van der Waals surface area contributed by atoms with E-state index in [0.29, 0.717) is 6.04 Å². The number of nitrogens with two attached hydrogens (primary N) is 1. The van der Waals surface area contributed by atoms with Gasteiger partial charge in [0.2, 0.25) is 0 Å². The third-order valence-electron chi connectivity index (χ3n) is 4.37. The molecular weight excluding hydrogens is 234 g/mol. The molecule has 0 spiro atoms. The molecule has 3 heteroatoms. The Balaban J connectivity index is 2.03. The van der Waals surface area contributed by atoms with Crippen molar-refractivity contribution in [3.8, 4) is 0 Å². The lowest BCUT2D eigenvalue weighted by Gasteiger charge is -2.29. The predicted molar refractivity (Wildman–Crippen MR) is 81.3 cm³/mol. The van der Waals surface area contributed by atoms with Crippen molar-refractivity contribution in [3.05, 3.63) is 24.0 Å². The molecule has 1 heterocycles. The predicted octanol–water partition coefficient (Wildman–Crippen LogP) is 3.65. The van der Waals surface area contributed by atoms with Crippen molar-refractivity contribution in [2.24, 2.45) is 5.73 Å². The summed E-state index contributed by atoms with van der Waals surface area (Å²) in [7, 11) is 2.20. The fourth-order valence-corrected chi connectivity index (χ4v) is 2.89. The number of anilines is 1. The van der Waals surface area contributed by atoms with Gasteiger partial charge in [0.25, 0.3) is 0 Å². The van der Waals surface area contributed by atoms with E-state index in [9.17, 15) is 0 Å². The van der Waals surface area contributed by atoms with Crippen LogP contribution in [-0.2, 0) is 0 Å². The van der Waals surface area contributed by atoms with E-state index in [-0.39, 0.29) is 6.04 Å². The third-order valence-corrected chi connectivity index (χ3v) is 4.37. The number of hydrogen-bond donors (Lipinski definition) is 1. The van der Waals surface area contributed by atoms with Gasteiger partial charge in [-0.05, 0) is 31.4 Å². The Morgan fingerprint density at radius 3 is 2.47 bits per heavy atom. The van der Waals surface area contributed by atoms with Crippen LogP contribution in [0.15, 0.2) is 18.3 Å². The van der Waals surface area contributed by atoms with Crippen molar-refractivity contribution in [3.63, 3.8) is 0 Å². The number of pyridine rings is 1. The smallest absolute Gasteiger partial charge is 0.0572 e. The Morgan fingerprint density at radius 2 is 1.95 bits per heavy atom. The standard InChI is InChI=1S/C16H27N3/c1-3-15(17)16-11-10-14(12-18-16)19(2)13-8-6-4-5-7-9-13/h10-13,15H,3-9,17H2,1-2H3/t15-/m0/s1. The highest BCUT2D eigenvalue weighted by molar-refractivity contribution is 5.45. The number of aromatic nitrogens is 1. The third kappa shape index (κ3) is 3.69. The normalized spacial score (nSPS) is 18.9. The van der Waals surface area contributed by atoms with E-state index in [1.807, 2.05) is 6.20 Å². The van der Waals surface area contributed by atoms with Crippen molar-refractivity contribution in [2.45, 2.75) is 64.0 Å². The maximum absolute atomic E-state index is 6.01. The van der Waals surface area contributed by atoms with E-state index in [2.05, 4.69) is 36.0 Å². The van der Waals surface area contributed by atoms with E-state index in [1.165, 1.54) is 44.2 Å². The van der Waals surface area contributed by atoms with Crippen molar-refractivity contribution >= 4 is 5.69 Å². The lowest BCUT2D eigenvalue weighted by molar-refractivity contribution is 0.552. The molecule has 1 aliphatic carbocycles. The summed E-state index contributed by atoms with van der Waals surface area (Å²) in [6.07, 6.45) is 11.1. The van der Waals surface area contributed by atoms with Gasteiger partial charge in [-0.25, -0.2) is 0 Å². The topological polar surface area (TPSA) is 42.1 Å². The van der Waals surface area contributed by atoms with Crippen molar-refractivity contribution < 1.29 is 0 Å². The van der Waals surface area contributed by atoms with Crippen LogP contribution in [0.5, 0.6) is 0 Å². The molecule has 1 aromatic rings. The van der Waals surface area contributed by atoms with Gasteiger partial charge in [0, 0.05) is 19.1 Å². The Bertz CT molecular complexity index is 366. The molecule has 106 valence electrons. The summed E-state index contributed by atoms with van der Waals surface area (Å²) in [6.45, 7) is 2.10. The first-order valence-electron chi connectivity index (χ1n) is 7.66. The highest BCUT2D eigenvalue weighted by Crippen LogP contribution is 2.25. The SMILES string of the molecule is CC[C@H](N)c1ccc(N(C)C2CCCCCC2)cn1. The zero-order valence-electron chi connectivity index (χ0n) is 12.3. The molecule has 1 atom stereocenters. The van der Waals surface area contributed by atoms with Crippen molar-refractivity contribution in [1.29, 1.82) is 0 Å². The first-order chi connectivity index (χ1) is 9.22. The van der Waals surface area contributed by atoms with Gasteiger partial charge in [0.05, 0.1) is 17.6 Å². The van der Waals surface area contributed by atoms with Crippen LogP contribution >= 0.6 is 0 Å². The molecule has 1 aliphatic rings. The molecular formula is C16H27N3. The summed E-state index contributed by atoms with van der Waals surface area (Å²) in [4.78, 5) is 6.92. The van der Waals surface area contributed by atoms with Crippen molar-refractivity contribution in [1.82, 2.24) is 4.98 Å². The van der Waals surface area contributed by atoms with Crippen LogP contribution in [0.1, 0.15) is 63.6 Å². The van der Waals surface area contributed by atoms with E-state index in [0.717, 1.165) is 12.1 Å². The van der Waals surface area contributed by atoms with Gasteiger partial charge in [-0.1, -0.05) is 32.6 Å². The van der Waals surface area contributed by atoms with Gasteiger partial charge in [0.15, 0.2) is 0 Å². The summed E-state index contributed by atoms with van der Waals surface area (Å²) in [5.74, 6) is 0. The maximum Gasteiger partial charge on any atom is 0.0572 e. The van der Waals surface area contributed by atoms with E-state index in [4.69, 9.17) is 5.73 Å². The highest BCUT2D eigenvalue weighted by atomic mass is 15.1. The molecule has 0 aromatic carbocycles. The van der Waals surface area contributed by atoms with Gasteiger partial charge < -0.3 is 10.6 Å². The van der Waals surface area contributed by atoms with Crippen LogP contribution in [0.3, 0.4) is 0 Å². The minimum atomic E-state index is 0.0669. The summed E-state index contributed by atoms with van der Waals surface area (Å²) < 4.78 is 0. The summed E-state index contributed by atoms with van der Waals surface area (Å²) >= 11 is 0. The second-order valence-electron chi connectivity index (χ2n) is 5.71. The number of rotatable bonds is 4. The molecule has 0 saturated heterocycles. The second kappa shape index (κ2) is 6.90. The lowest BCUT2D eigenvalue weighted by Crippen LogP contribution is -2.31.